The van der Waals surface area contributed by atoms with Gasteiger partial charge < -0.3 is 4.90 Å². The summed E-state index contributed by atoms with van der Waals surface area (Å²) in [4.78, 5) is 53.8. The molecule has 1 fully saturated rings. The largest absolute Gasteiger partial charge is 0.342 e. The van der Waals surface area contributed by atoms with Crippen LogP contribution < -0.4 is 4.90 Å². The maximum atomic E-state index is 14.8. The first-order valence-electron chi connectivity index (χ1n) is 10.9. The van der Waals surface area contributed by atoms with E-state index < -0.39 is 28.0 Å². The Morgan fingerprint density at radius 3 is 2.19 bits per heavy atom. The third kappa shape index (κ3) is 4.22. The van der Waals surface area contributed by atoms with Crippen molar-refractivity contribution in [2.24, 2.45) is 0 Å². The van der Waals surface area contributed by atoms with Crippen molar-refractivity contribution in [3.8, 4) is 0 Å². The van der Waals surface area contributed by atoms with E-state index in [-0.39, 0.29) is 22.2 Å². The first-order valence-corrected chi connectivity index (χ1v) is 12.1. The number of anilines is 1. The van der Waals surface area contributed by atoms with Gasteiger partial charge in [-0.2, -0.15) is 0 Å². The fourth-order valence-electron chi connectivity index (χ4n) is 4.47. The molecule has 32 heavy (non-hydrogen) atoms. The van der Waals surface area contributed by atoms with Crippen molar-refractivity contribution < 1.29 is 23.6 Å². The first-order chi connectivity index (χ1) is 15.3. The molecule has 0 radical (unpaired) electrons. The van der Waals surface area contributed by atoms with Gasteiger partial charge in [-0.15, -0.1) is 0 Å². The van der Waals surface area contributed by atoms with E-state index in [1.165, 1.54) is 0 Å². The van der Waals surface area contributed by atoms with E-state index in [0.29, 0.717) is 37.1 Å². The van der Waals surface area contributed by atoms with Crippen LogP contribution in [0.4, 0.5) is 10.1 Å². The highest BCUT2D eigenvalue weighted by atomic mass is 35.5. The third-order valence-electron chi connectivity index (χ3n) is 6.19. The molecule has 0 aromatic heterocycles. The molecule has 2 aliphatic heterocycles. The van der Waals surface area contributed by atoms with Gasteiger partial charge in [0.1, 0.15) is 5.82 Å². The van der Waals surface area contributed by atoms with E-state index >= 15 is 0 Å². The molecule has 9 heteroatoms. The molecule has 4 rings (SSSR count). The maximum absolute atomic E-state index is 14.8. The van der Waals surface area contributed by atoms with Crippen LogP contribution in [0.3, 0.4) is 0 Å². The zero-order valence-corrected chi connectivity index (χ0v) is 19.4. The number of hydrogen-bond acceptors (Lipinski definition) is 5. The van der Waals surface area contributed by atoms with Gasteiger partial charge in [0, 0.05) is 29.8 Å². The molecule has 1 unspecified atom stereocenters. The van der Waals surface area contributed by atoms with Gasteiger partial charge in [0.05, 0.1) is 16.0 Å². The Morgan fingerprint density at radius 1 is 1.00 bits per heavy atom. The normalized spacial score (nSPS) is 20.0. The third-order valence-corrected chi connectivity index (χ3v) is 7.49. The molecule has 1 aliphatic carbocycles. The van der Waals surface area contributed by atoms with E-state index in [9.17, 15) is 23.6 Å². The summed E-state index contributed by atoms with van der Waals surface area (Å²) in [5.74, 6) is -2.05. The molecule has 1 aromatic carbocycles. The summed E-state index contributed by atoms with van der Waals surface area (Å²) in [5.41, 5.74) is 0.548. The zero-order chi connectivity index (χ0) is 23.0. The number of likely N-dealkylation sites (tertiary alicyclic amines) is 1. The molecule has 1 aromatic rings. The Bertz CT molecular complexity index is 1010. The molecular weight excluding hydrogens is 455 g/mol. The van der Waals surface area contributed by atoms with Crippen LogP contribution in [0.25, 0.3) is 0 Å². The minimum Gasteiger partial charge on any atom is -0.342 e. The number of nitrogens with zero attached hydrogens (tertiary/aromatic N) is 2. The molecule has 0 spiro atoms. The van der Waals surface area contributed by atoms with E-state index in [4.69, 9.17) is 11.6 Å². The number of rotatable bonds is 4. The van der Waals surface area contributed by atoms with Crippen molar-refractivity contribution in [2.75, 3.05) is 18.0 Å². The van der Waals surface area contributed by atoms with Crippen LogP contribution in [0.2, 0.25) is 5.02 Å². The Kier molecular flexibility index (Phi) is 6.72. The highest BCUT2D eigenvalue weighted by Crippen LogP contribution is 2.38. The fraction of sp³-hybridized carbons (Fsp3) is 0.478. The first kappa shape index (κ1) is 23.0. The van der Waals surface area contributed by atoms with Crippen LogP contribution in [0, 0.1) is 5.82 Å². The minimum atomic E-state index is -0.851. The predicted molar refractivity (Wildman–Crippen MR) is 121 cm³/mol. The molecular formula is C23H24ClFN2O4S. The highest BCUT2D eigenvalue weighted by molar-refractivity contribution is 8.15. The molecule has 170 valence electrons. The minimum absolute atomic E-state index is 0.0307. The maximum Gasteiger partial charge on any atom is 0.261 e. The zero-order valence-electron chi connectivity index (χ0n) is 17.8. The van der Waals surface area contributed by atoms with E-state index in [2.05, 4.69) is 0 Å². The van der Waals surface area contributed by atoms with Crippen molar-refractivity contribution in [1.29, 1.82) is 0 Å². The standard InChI is InChI=1S/C23H24ClFN2O4S/c1-13(20(28)26-9-5-2-6-10-26)32-23(31)16-11-19(18(25)12-17(16)24)27-21(29)14-7-3-4-8-15(14)22(27)30/h11-13H,2-10H2,1H3. The van der Waals surface area contributed by atoms with Gasteiger partial charge in [0.25, 0.3) is 11.8 Å². The lowest BCUT2D eigenvalue weighted by Crippen LogP contribution is -2.40. The number of hydrogen-bond donors (Lipinski definition) is 0. The summed E-state index contributed by atoms with van der Waals surface area (Å²) in [6.07, 6.45) is 5.56. The van der Waals surface area contributed by atoms with Crippen LogP contribution in [0.15, 0.2) is 23.3 Å². The molecule has 3 amide bonds. The SMILES string of the molecule is CC(SC(=O)c1cc(N2C(=O)C3=C(CCCC3)C2=O)c(F)cc1Cl)C(=O)N1CCCCC1. The number of halogens is 2. The summed E-state index contributed by atoms with van der Waals surface area (Å²) >= 11 is 6.95. The van der Waals surface area contributed by atoms with Crippen LogP contribution >= 0.6 is 23.4 Å². The summed E-state index contributed by atoms with van der Waals surface area (Å²) in [6, 6.07) is 2.10. The van der Waals surface area contributed by atoms with Gasteiger partial charge >= 0.3 is 0 Å². The van der Waals surface area contributed by atoms with Gasteiger partial charge in [0.2, 0.25) is 11.0 Å². The average Bonchev–Trinajstić information content (AvgIpc) is 3.04. The summed E-state index contributed by atoms with van der Waals surface area (Å²) in [6.45, 7) is 3.01. The van der Waals surface area contributed by atoms with Gasteiger partial charge in [-0.1, -0.05) is 23.4 Å². The molecule has 0 saturated carbocycles. The lowest BCUT2D eigenvalue weighted by atomic mass is 9.93. The van der Waals surface area contributed by atoms with Crippen molar-refractivity contribution in [3.05, 3.63) is 39.7 Å². The van der Waals surface area contributed by atoms with E-state index in [1.807, 2.05) is 0 Å². The Morgan fingerprint density at radius 2 is 1.59 bits per heavy atom. The predicted octanol–water partition coefficient (Wildman–Crippen LogP) is 4.50. The van der Waals surface area contributed by atoms with Crippen LogP contribution in [0.1, 0.15) is 62.2 Å². The van der Waals surface area contributed by atoms with E-state index in [1.54, 1.807) is 11.8 Å². The molecule has 2 heterocycles. The van der Waals surface area contributed by atoms with Crippen molar-refractivity contribution in [2.45, 2.75) is 57.1 Å². The topological polar surface area (TPSA) is 74.8 Å². The second-order valence-electron chi connectivity index (χ2n) is 8.33. The van der Waals surface area contributed by atoms with Gasteiger partial charge in [-0.05, 0) is 64.0 Å². The molecule has 3 aliphatic rings. The Hall–Kier alpha value is -2.19. The number of piperidine rings is 1. The molecule has 6 nitrogen and oxygen atoms in total. The average molecular weight is 479 g/mol. The Labute approximate surface area is 195 Å². The quantitative estimate of drug-likeness (QED) is 0.596. The second-order valence-corrected chi connectivity index (χ2v) is 10.0. The van der Waals surface area contributed by atoms with Crippen LogP contribution in [0.5, 0.6) is 0 Å². The lowest BCUT2D eigenvalue weighted by Gasteiger charge is -2.28. The molecule has 1 atom stereocenters. The van der Waals surface area contributed by atoms with Gasteiger partial charge in [0.15, 0.2) is 0 Å². The second kappa shape index (κ2) is 9.35. The molecule has 1 saturated heterocycles. The number of amides is 3. The van der Waals surface area contributed by atoms with Crippen LogP contribution in [-0.4, -0.2) is 46.1 Å². The lowest BCUT2D eigenvalue weighted by molar-refractivity contribution is -0.131. The Balaban J connectivity index is 1.56. The summed E-state index contributed by atoms with van der Waals surface area (Å²) < 4.78 is 14.8. The van der Waals surface area contributed by atoms with Crippen molar-refractivity contribution in [3.63, 3.8) is 0 Å². The van der Waals surface area contributed by atoms with E-state index in [0.717, 1.165) is 60.9 Å². The molecule has 0 N–H and O–H groups in total. The summed E-state index contributed by atoms with van der Waals surface area (Å²) in [7, 11) is 0. The molecule has 0 bridgehead atoms. The number of thioether (sulfide) groups is 1. The fourth-order valence-corrected chi connectivity index (χ4v) is 5.63. The van der Waals surface area contributed by atoms with Gasteiger partial charge in [-0.3, -0.25) is 19.2 Å². The number of imide groups is 1. The number of carbonyl (C=O) groups excluding carboxylic acids is 4. The number of benzene rings is 1. The van der Waals surface area contributed by atoms with Crippen LogP contribution in [-0.2, 0) is 14.4 Å². The van der Waals surface area contributed by atoms with Gasteiger partial charge in [-0.25, -0.2) is 9.29 Å². The van der Waals surface area contributed by atoms with Crippen molar-refractivity contribution in [1.82, 2.24) is 4.90 Å². The monoisotopic (exact) mass is 478 g/mol. The number of carbonyl (C=O) groups is 4. The van der Waals surface area contributed by atoms with Crippen molar-refractivity contribution >= 4 is 51.9 Å². The summed E-state index contributed by atoms with van der Waals surface area (Å²) in [5, 5.41) is -1.27. The smallest absolute Gasteiger partial charge is 0.261 e. The highest BCUT2D eigenvalue weighted by Gasteiger charge is 2.41.